The maximum atomic E-state index is 0. The molecule has 16 radical (unpaired) electrons. The molecule has 3 nitrogen and oxygen atoms in total. The minimum Gasteiger partial charge on any atom is -0.412 e. The third-order valence-electron chi connectivity index (χ3n) is 0. The van der Waals surface area contributed by atoms with Gasteiger partial charge in [0.05, 0.1) is 0 Å². The number of hydrogen-bond donors (Lipinski definition) is 0. The smallest absolute Gasteiger partial charge is 0 e. The maximum Gasteiger partial charge on any atom is 0 e. The number of hydrogen-bond acceptors (Lipinski definition) is 0. The van der Waals surface area contributed by atoms with Crippen molar-refractivity contribution in [2.75, 3.05) is 0 Å². The molecule has 0 rings (SSSR count). The summed E-state index contributed by atoms with van der Waals surface area (Å²) in [5.74, 6) is 0. The van der Waals surface area contributed by atoms with Gasteiger partial charge in [-0.25, -0.2) is 0 Å². The summed E-state index contributed by atoms with van der Waals surface area (Å²) in [4.78, 5) is 0. The van der Waals surface area contributed by atoms with Gasteiger partial charge in [0, 0.05) is 33.2 Å². The summed E-state index contributed by atoms with van der Waals surface area (Å²) in [6.07, 6.45) is 0. The Kier molecular flexibility index (Phi) is 22900000. The minimum absolute atomic E-state index is 0. The molecule has 0 saturated heterocycles. The van der Waals surface area contributed by atoms with Gasteiger partial charge in [-0.3, -0.25) is 0 Å². The molecular formula is C4H6O3. The maximum absolute atomic E-state index is 0. The Hall–Kier alpha value is -0.120. The van der Waals surface area contributed by atoms with Gasteiger partial charge in [-0.15, -0.1) is 0 Å². The van der Waals surface area contributed by atoms with E-state index < -0.39 is 0 Å². The van der Waals surface area contributed by atoms with Gasteiger partial charge in [-0.1, -0.05) is 7.43 Å². The second-order valence-corrected chi connectivity index (χ2v) is 0. The molecule has 0 bridgehead atoms. The van der Waals surface area contributed by atoms with Crippen LogP contribution in [0.4, 0.5) is 0 Å². The van der Waals surface area contributed by atoms with E-state index in [2.05, 4.69) is 0 Å². The Morgan fingerprint density at radius 3 is 0.571 bits per heavy atom. The van der Waals surface area contributed by atoms with Crippen molar-refractivity contribution in [3.63, 3.8) is 0 Å². The van der Waals surface area contributed by atoms with Crippen LogP contribution in [-0.2, 0) is 11.0 Å². The monoisotopic (exact) mass is 102 g/mol. The number of rotatable bonds is 0. The van der Waals surface area contributed by atoms with Crippen LogP contribution in [0.2, 0.25) is 0 Å². The summed E-state index contributed by atoms with van der Waals surface area (Å²) in [5, 5.41) is 0. The van der Waals surface area contributed by atoms with Gasteiger partial charge in [-0.05, 0) is 0 Å². The van der Waals surface area contributed by atoms with Gasteiger partial charge < -0.3 is 5.48 Å². The quantitative estimate of drug-likeness (QED) is 0.406. The lowest BCUT2D eigenvalue weighted by atomic mass is 12.0. The highest BCUT2D eigenvalue weighted by Gasteiger charge is 0.00407. The first-order chi connectivity index (χ1) is 0. The zero-order valence-corrected chi connectivity index (χ0v) is 2.82. The predicted molar refractivity (Wildman–Crippen MR) is 21.4 cm³/mol. The molecule has 2 N–H and O–H groups in total. The zero-order valence-electron chi connectivity index (χ0n) is 2.82. The highest BCUT2D eigenvalue weighted by atomic mass is 16.0. The van der Waals surface area contributed by atoms with Gasteiger partial charge >= 0.3 is 0 Å². The average molecular weight is 102 g/mol. The van der Waals surface area contributed by atoms with E-state index in [0.29, 0.717) is 0 Å². The van der Waals surface area contributed by atoms with Crippen LogP contribution in [0, 0.1) is 22.3 Å². The Morgan fingerprint density at radius 2 is 0.571 bits per heavy atom. The fraction of sp³-hybridized carbons (Fsp3) is 0.250. The first-order valence-electron chi connectivity index (χ1n) is 0. The van der Waals surface area contributed by atoms with E-state index >= 15 is 0 Å². The second-order valence-electron chi connectivity index (χ2n) is 0. The Balaban J connectivity index is 0. The normalized spacial score (nSPS) is 0. The van der Waals surface area contributed by atoms with E-state index in [9.17, 15) is 0 Å². The molecule has 0 spiro atoms. The van der Waals surface area contributed by atoms with E-state index in [1.54, 1.807) is 0 Å². The summed E-state index contributed by atoms with van der Waals surface area (Å²) < 4.78 is 0. The molecule has 0 aromatic heterocycles. The molecule has 3 heteroatoms. The van der Waals surface area contributed by atoms with Crippen molar-refractivity contribution in [3.8, 4) is 0 Å². The molecule has 0 aromatic carbocycles. The SMILES string of the molecule is C.O.[C].[C].[C].[O].[O]. The summed E-state index contributed by atoms with van der Waals surface area (Å²) in [6, 6.07) is 0. The topological polar surface area (TPSA) is 88.5 Å². The van der Waals surface area contributed by atoms with Gasteiger partial charge in [0.15, 0.2) is 0 Å². The molecular weight excluding hydrogens is 96.0 g/mol. The van der Waals surface area contributed by atoms with Crippen LogP contribution in [-0.4, -0.2) is 5.48 Å². The van der Waals surface area contributed by atoms with Crippen molar-refractivity contribution in [1.82, 2.24) is 0 Å². The van der Waals surface area contributed by atoms with Crippen molar-refractivity contribution < 1.29 is 16.4 Å². The molecule has 0 aromatic rings. The average Bonchev–Trinajstić information content (AvgIpc) is 0. The Labute approximate surface area is 47.3 Å². The lowest BCUT2D eigenvalue weighted by molar-refractivity contribution is 0.686. The molecule has 0 atom stereocenters. The van der Waals surface area contributed by atoms with Crippen molar-refractivity contribution in [2.45, 2.75) is 7.43 Å². The van der Waals surface area contributed by atoms with E-state index in [0.717, 1.165) is 0 Å². The van der Waals surface area contributed by atoms with Gasteiger partial charge in [0.1, 0.15) is 0 Å². The molecule has 0 heterocycles. The third-order valence-corrected chi connectivity index (χ3v) is 0. The summed E-state index contributed by atoms with van der Waals surface area (Å²) in [6.45, 7) is 0. The molecule has 40 valence electrons. The fourth-order valence-corrected chi connectivity index (χ4v) is 0. The van der Waals surface area contributed by atoms with Crippen molar-refractivity contribution in [3.05, 3.63) is 22.3 Å². The lowest BCUT2D eigenvalue weighted by Gasteiger charge is -0.412. The Bertz CT molecular complexity index is 6.90. The second kappa shape index (κ2) is 9720. The third kappa shape index (κ3) is 6150. The van der Waals surface area contributed by atoms with Crippen molar-refractivity contribution in [2.24, 2.45) is 0 Å². The van der Waals surface area contributed by atoms with Crippen LogP contribution < -0.4 is 0 Å². The van der Waals surface area contributed by atoms with Gasteiger partial charge in [0.2, 0.25) is 0 Å². The highest BCUT2D eigenvalue weighted by Crippen LogP contribution is 0.144. The van der Waals surface area contributed by atoms with Crippen LogP contribution in [0.25, 0.3) is 0 Å². The van der Waals surface area contributed by atoms with E-state index in [1.165, 1.54) is 0 Å². The van der Waals surface area contributed by atoms with Gasteiger partial charge in [0.25, 0.3) is 0 Å². The first-order valence-corrected chi connectivity index (χ1v) is 0. The van der Waals surface area contributed by atoms with Crippen LogP contribution >= 0.6 is 0 Å². The molecule has 0 unspecified atom stereocenters. The van der Waals surface area contributed by atoms with E-state index in [4.69, 9.17) is 0 Å². The molecule has 0 aliphatic rings. The van der Waals surface area contributed by atoms with E-state index in [1.807, 2.05) is 0 Å². The largest absolute Gasteiger partial charge is 0.412 e. The van der Waals surface area contributed by atoms with Crippen LogP contribution in [0.15, 0.2) is 0 Å². The molecule has 0 fully saturated rings. The minimum atomic E-state index is 0. The predicted octanol–water partition coefficient (Wildman–Crippen LogP) is -0.182. The van der Waals surface area contributed by atoms with Crippen LogP contribution in [0.3, 0.4) is 0 Å². The molecule has 0 aliphatic carbocycles. The standard InChI is InChI=1S/CH4.3C.H2O.2O/h1H4;;;;1H2;;. The van der Waals surface area contributed by atoms with Crippen molar-refractivity contribution >= 4 is 0 Å². The van der Waals surface area contributed by atoms with E-state index in [-0.39, 0.29) is 46.1 Å². The molecule has 7 heavy (non-hydrogen) atoms. The molecule has 0 saturated carbocycles. The van der Waals surface area contributed by atoms with Crippen molar-refractivity contribution in [1.29, 1.82) is 0 Å². The zero-order chi connectivity index (χ0) is 0. The summed E-state index contributed by atoms with van der Waals surface area (Å²) in [5.41, 5.74) is 0. The Morgan fingerprint density at radius 1 is 0.571 bits per heavy atom. The first kappa shape index (κ1) is 16500. The highest BCUT2D eigenvalue weighted by molar-refractivity contribution is 3.25. The molecule has 0 aliphatic heterocycles. The van der Waals surface area contributed by atoms with Gasteiger partial charge in [-0.2, -0.15) is 0 Å². The summed E-state index contributed by atoms with van der Waals surface area (Å²) >= 11 is 0. The lowest BCUT2D eigenvalue weighted by Crippen LogP contribution is -0.289. The molecule has 0 amide bonds. The fourth-order valence-electron chi connectivity index (χ4n) is 0. The van der Waals surface area contributed by atoms with Crippen LogP contribution in [0.5, 0.6) is 0 Å². The van der Waals surface area contributed by atoms with Crippen LogP contribution in [0.1, 0.15) is 7.43 Å². The summed E-state index contributed by atoms with van der Waals surface area (Å²) in [7, 11) is 0.